The number of amides is 2. The fourth-order valence-corrected chi connectivity index (χ4v) is 3.52. The molecule has 0 spiro atoms. The number of benzene rings is 3. The van der Waals surface area contributed by atoms with Crippen molar-refractivity contribution in [2.45, 2.75) is 25.9 Å². The Kier molecular flexibility index (Phi) is 4.69. The summed E-state index contributed by atoms with van der Waals surface area (Å²) in [6.45, 7) is 1.48. The predicted molar refractivity (Wildman–Crippen MR) is 103 cm³/mol. The Bertz CT molecular complexity index is 1070. The molecule has 1 unspecified atom stereocenters. The van der Waals surface area contributed by atoms with Crippen LogP contribution in [-0.4, -0.2) is 17.9 Å². The molecule has 2 N–H and O–H groups in total. The minimum atomic E-state index is -0.981. The number of ether oxygens (including phenoxy) is 1. The summed E-state index contributed by atoms with van der Waals surface area (Å²) >= 11 is 0. The Labute approximate surface area is 161 Å². The van der Waals surface area contributed by atoms with Gasteiger partial charge in [0.2, 0.25) is 0 Å². The second kappa shape index (κ2) is 7.31. The molecule has 3 aromatic carbocycles. The molecule has 0 aliphatic heterocycles. The highest BCUT2D eigenvalue weighted by Gasteiger charge is 2.20. The topological polar surface area (TPSA) is 67.4 Å². The molecule has 6 heteroatoms. The van der Waals surface area contributed by atoms with Crippen molar-refractivity contribution in [1.82, 2.24) is 10.9 Å². The number of carbonyl (C=O) groups excluding carboxylic acids is 2. The van der Waals surface area contributed by atoms with Gasteiger partial charge in [0.05, 0.1) is 0 Å². The molecule has 0 saturated heterocycles. The number of para-hydroxylation sites is 1. The van der Waals surface area contributed by atoms with E-state index in [1.165, 1.54) is 36.2 Å². The summed E-state index contributed by atoms with van der Waals surface area (Å²) in [5.74, 6) is -1.58. The van der Waals surface area contributed by atoms with Gasteiger partial charge in [-0.05, 0) is 59.9 Å². The lowest BCUT2D eigenvalue weighted by Crippen LogP contribution is -2.47. The van der Waals surface area contributed by atoms with Crippen molar-refractivity contribution in [2.75, 3.05) is 0 Å². The van der Waals surface area contributed by atoms with E-state index in [2.05, 4.69) is 16.9 Å². The van der Waals surface area contributed by atoms with Crippen molar-refractivity contribution in [1.29, 1.82) is 0 Å². The Morgan fingerprint density at radius 3 is 2.50 bits per heavy atom. The van der Waals surface area contributed by atoms with Crippen LogP contribution in [0.5, 0.6) is 5.75 Å². The molecule has 142 valence electrons. The Morgan fingerprint density at radius 1 is 0.964 bits per heavy atom. The van der Waals surface area contributed by atoms with E-state index in [4.69, 9.17) is 4.74 Å². The number of carbonyl (C=O) groups is 2. The molecule has 1 atom stereocenters. The third kappa shape index (κ3) is 3.29. The molecule has 1 aliphatic rings. The average molecular weight is 378 g/mol. The highest BCUT2D eigenvalue weighted by atomic mass is 19.1. The van der Waals surface area contributed by atoms with E-state index in [0.717, 1.165) is 23.6 Å². The van der Waals surface area contributed by atoms with E-state index < -0.39 is 23.7 Å². The number of aryl methyl sites for hydroxylation is 2. The van der Waals surface area contributed by atoms with Crippen molar-refractivity contribution in [2.24, 2.45) is 0 Å². The van der Waals surface area contributed by atoms with Gasteiger partial charge in [-0.3, -0.25) is 20.4 Å². The Balaban J connectivity index is 1.44. The molecule has 0 radical (unpaired) electrons. The maximum absolute atomic E-state index is 13.6. The van der Waals surface area contributed by atoms with Crippen molar-refractivity contribution in [3.8, 4) is 5.75 Å². The van der Waals surface area contributed by atoms with Crippen molar-refractivity contribution < 1.29 is 18.7 Å². The van der Waals surface area contributed by atoms with E-state index in [1.807, 2.05) is 18.2 Å². The second-order valence-corrected chi connectivity index (χ2v) is 6.75. The van der Waals surface area contributed by atoms with Gasteiger partial charge in [0.15, 0.2) is 17.7 Å². The summed E-state index contributed by atoms with van der Waals surface area (Å²) in [5.41, 5.74) is 7.72. The first kappa shape index (κ1) is 18.0. The minimum Gasteiger partial charge on any atom is -0.478 e. The van der Waals surface area contributed by atoms with Crippen LogP contribution < -0.4 is 15.6 Å². The van der Waals surface area contributed by atoms with Gasteiger partial charge in [-0.2, -0.15) is 0 Å². The number of rotatable bonds is 4. The third-order valence-electron chi connectivity index (χ3n) is 4.93. The lowest BCUT2D eigenvalue weighted by atomic mass is 10.00. The molecule has 0 fully saturated rings. The Hall–Kier alpha value is -3.41. The van der Waals surface area contributed by atoms with E-state index in [0.29, 0.717) is 5.56 Å². The molecule has 5 nitrogen and oxygen atoms in total. The summed E-state index contributed by atoms with van der Waals surface area (Å²) in [4.78, 5) is 24.8. The molecule has 0 bridgehead atoms. The first-order valence-electron chi connectivity index (χ1n) is 9.09. The molecule has 0 heterocycles. The largest absolute Gasteiger partial charge is 0.478 e. The van der Waals surface area contributed by atoms with Crippen LogP contribution in [0.3, 0.4) is 0 Å². The summed E-state index contributed by atoms with van der Waals surface area (Å²) in [7, 11) is 0. The fourth-order valence-electron chi connectivity index (χ4n) is 3.52. The SMILES string of the molecule is CC(Oc1ccccc1F)C(=O)NNC(=O)c1ccc2c3c(cccc13)CC2. The molecule has 1 aliphatic carbocycles. The van der Waals surface area contributed by atoms with Gasteiger partial charge >= 0.3 is 0 Å². The van der Waals surface area contributed by atoms with E-state index in [1.54, 1.807) is 12.1 Å². The smallest absolute Gasteiger partial charge is 0.279 e. The van der Waals surface area contributed by atoms with Gasteiger partial charge in [-0.1, -0.05) is 36.4 Å². The van der Waals surface area contributed by atoms with Crippen LogP contribution in [0.25, 0.3) is 10.8 Å². The lowest BCUT2D eigenvalue weighted by molar-refractivity contribution is -0.128. The van der Waals surface area contributed by atoms with Crippen LogP contribution in [0.2, 0.25) is 0 Å². The second-order valence-electron chi connectivity index (χ2n) is 6.75. The third-order valence-corrected chi connectivity index (χ3v) is 4.93. The summed E-state index contributed by atoms with van der Waals surface area (Å²) in [6, 6.07) is 15.5. The molecule has 3 aromatic rings. The standard InChI is InChI=1S/C22H19FN2O3/c1-13(28-19-8-3-2-7-18(19)23)21(26)24-25-22(27)17-12-11-15-10-9-14-5-4-6-16(17)20(14)15/h2-8,11-13H,9-10H2,1H3,(H,24,26)(H,25,27). The zero-order valence-electron chi connectivity index (χ0n) is 15.3. The maximum atomic E-state index is 13.6. The number of hydrazine groups is 1. The molecular formula is C22H19FN2O3. The van der Waals surface area contributed by atoms with E-state index >= 15 is 0 Å². The maximum Gasteiger partial charge on any atom is 0.279 e. The van der Waals surface area contributed by atoms with Crippen LogP contribution in [0, 0.1) is 5.82 Å². The number of halogens is 1. The number of hydrogen-bond acceptors (Lipinski definition) is 3. The fraction of sp³-hybridized carbons (Fsp3) is 0.182. The zero-order chi connectivity index (χ0) is 19.7. The van der Waals surface area contributed by atoms with Gasteiger partial charge in [0, 0.05) is 5.56 Å². The van der Waals surface area contributed by atoms with Gasteiger partial charge in [-0.15, -0.1) is 0 Å². The van der Waals surface area contributed by atoms with Crippen LogP contribution in [0.15, 0.2) is 54.6 Å². The van der Waals surface area contributed by atoms with Crippen LogP contribution >= 0.6 is 0 Å². The van der Waals surface area contributed by atoms with Crippen molar-refractivity contribution in [3.05, 3.63) is 77.1 Å². The first-order chi connectivity index (χ1) is 13.5. The summed E-state index contributed by atoms with van der Waals surface area (Å²) < 4.78 is 19.0. The molecule has 2 amide bonds. The van der Waals surface area contributed by atoms with Crippen molar-refractivity contribution in [3.63, 3.8) is 0 Å². The highest BCUT2D eigenvalue weighted by molar-refractivity contribution is 6.09. The zero-order valence-corrected chi connectivity index (χ0v) is 15.3. The normalized spacial score (nSPS) is 13.2. The molecule has 28 heavy (non-hydrogen) atoms. The first-order valence-corrected chi connectivity index (χ1v) is 9.09. The van der Waals surface area contributed by atoms with E-state index in [9.17, 15) is 14.0 Å². The predicted octanol–water partition coefficient (Wildman–Crippen LogP) is 3.31. The number of hydrogen-bond donors (Lipinski definition) is 2. The van der Waals surface area contributed by atoms with Crippen LogP contribution in [0.1, 0.15) is 28.4 Å². The monoisotopic (exact) mass is 378 g/mol. The summed E-state index contributed by atoms with van der Waals surface area (Å²) in [6.07, 6.45) is 0.962. The highest BCUT2D eigenvalue weighted by Crippen LogP contribution is 2.32. The summed E-state index contributed by atoms with van der Waals surface area (Å²) in [5, 5.41) is 1.99. The van der Waals surface area contributed by atoms with Gasteiger partial charge in [0.25, 0.3) is 11.8 Å². The molecule has 0 saturated carbocycles. The van der Waals surface area contributed by atoms with E-state index in [-0.39, 0.29) is 5.75 Å². The molecule has 4 rings (SSSR count). The molecule has 0 aromatic heterocycles. The average Bonchev–Trinajstić information content (AvgIpc) is 3.13. The minimum absolute atomic E-state index is 0.0241. The van der Waals surface area contributed by atoms with Gasteiger partial charge in [-0.25, -0.2) is 4.39 Å². The Morgan fingerprint density at radius 2 is 1.71 bits per heavy atom. The van der Waals surface area contributed by atoms with Crippen molar-refractivity contribution >= 4 is 22.6 Å². The van der Waals surface area contributed by atoms with Crippen LogP contribution in [0.4, 0.5) is 4.39 Å². The number of nitrogens with one attached hydrogen (secondary N) is 2. The van der Waals surface area contributed by atoms with Gasteiger partial charge in [0.1, 0.15) is 0 Å². The lowest BCUT2D eigenvalue weighted by Gasteiger charge is -2.16. The quantitative estimate of drug-likeness (QED) is 0.685. The van der Waals surface area contributed by atoms with Gasteiger partial charge < -0.3 is 4.74 Å². The van der Waals surface area contributed by atoms with Crippen LogP contribution in [-0.2, 0) is 17.6 Å². The molecular weight excluding hydrogens is 359 g/mol.